The quantitative estimate of drug-likeness (QED) is 0.807. The van der Waals surface area contributed by atoms with Crippen LogP contribution < -0.4 is 9.74 Å². The first-order chi connectivity index (χ1) is 7.79. The summed E-state index contributed by atoms with van der Waals surface area (Å²) in [6, 6.07) is 6.51. The van der Waals surface area contributed by atoms with E-state index in [0.717, 1.165) is 18.8 Å². The molecule has 2 rings (SSSR count). The average molecular weight is 249 g/mol. The van der Waals surface area contributed by atoms with E-state index in [4.69, 9.17) is 4.43 Å². The van der Waals surface area contributed by atoms with Crippen molar-refractivity contribution in [3.63, 3.8) is 0 Å². The molecular formula is C14H23NOSi. The van der Waals surface area contributed by atoms with Gasteiger partial charge in [-0.05, 0) is 41.4 Å². The van der Waals surface area contributed by atoms with E-state index < -0.39 is 8.32 Å². The molecule has 1 aliphatic rings. The lowest BCUT2D eigenvalue weighted by Crippen LogP contribution is -2.43. The molecule has 0 fully saturated rings. The van der Waals surface area contributed by atoms with Gasteiger partial charge in [-0.25, -0.2) is 0 Å². The van der Waals surface area contributed by atoms with E-state index >= 15 is 0 Å². The number of fused-ring (bicyclic) bond motifs is 1. The van der Waals surface area contributed by atoms with E-state index in [1.807, 2.05) is 0 Å². The van der Waals surface area contributed by atoms with Crippen molar-refractivity contribution in [2.24, 2.45) is 0 Å². The Balaban J connectivity index is 2.20. The molecule has 0 bridgehead atoms. The first-order valence-corrected chi connectivity index (χ1v) is 9.22. The molecule has 0 unspecified atom stereocenters. The summed E-state index contributed by atoms with van der Waals surface area (Å²) in [5.41, 5.74) is 2.80. The molecule has 94 valence electrons. The highest BCUT2D eigenvalue weighted by atomic mass is 28.4. The molecule has 0 saturated heterocycles. The number of hydrogen-bond acceptors (Lipinski definition) is 2. The first-order valence-electron chi connectivity index (χ1n) is 6.31. The van der Waals surface area contributed by atoms with Crippen LogP contribution in [0.2, 0.25) is 18.1 Å². The van der Waals surface area contributed by atoms with Crippen molar-refractivity contribution in [3.05, 3.63) is 29.3 Å². The molecule has 17 heavy (non-hydrogen) atoms. The van der Waals surface area contributed by atoms with Gasteiger partial charge in [0.05, 0.1) is 0 Å². The molecular weight excluding hydrogens is 226 g/mol. The second kappa shape index (κ2) is 4.14. The number of benzene rings is 1. The molecule has 0 aromatic heterocycles. The molecule has 1 aromatic rings. The van der Waals surface area contributed by atoms with Gasteiger partial charge in [0, 0.05) is 13.1 Å². The highest BCUT2D eigenvalue weighted by Crippen LogP contribution is 2.37. The Labute approximate surface area is 106 Å². The number of hydrogen-bond donors (Lipinski definition) is 1. The predicted molar refractivity (Wildman–Crippen MR) is 74.8 cm³/mol. The van der Waals surface area contributed by atoms with Crippen LogP contribution in [0, 0.1) is 0 Å². The third kappa shape index (κ3) is 2.55. The van der Waals surface area contributed by atoms with E-state index in [2.05, 4.69) is 57.4 Å². The fraction of sp³-hybridized carbons (Fsp3) is 0.571. The summed E-state index contributed by atoms with van der Waals surface area (Å²) in [7, 11) is -1.70. The number of rotatable bonds is 2. The van der Waals surface area contributed by atoms with Gasteiger partial charge in [-0.2, -0.15) is 0 Å². The first kappa shape index (κ1) is 12.6. The summed E-state index contributed by atoms with van der Waals surface area (Å²) in [6.07, 6.45) is 0. The Morgan fingerprint density at radius 2 is 1.76 bits per heavy atom. The van der Waals surface area contributed by atoms with Crippen LogP contribution in [-0.4, -0.2) is 8.32 Å². The molecule has 2 nitrogen and oxygen atoms in total. The van der Waals surface area contributed by atoms with Crippen LogP contribution in [0.5, 0.6) is 5.75 Å². The van der Waals surface area contributed by atoms with E-state index in [-0.39, 0.29) is 5.04 Å². The average Bonchev–Trinajstić information content (AvgIpc) is 2.62. The number of nitrogens with one attached hydrogen (secondary N) is 1. The van der Waals surface area contributed by atoms with Crippen molar-refractivity contribution in [1.82, 2.24) is 5.32 Å². The van der Waals surface area contributed by atoms with Gasteiger partial charge >= 0.3 is 0 Å². The molecule has 0 saturated carbocycles. The Kier molecular flexibility index (Phi) is 3.08. The predicted octanol–water partition coefficient (Wildman–Crippen LogP) is 3.67. The second-order valence-electron chi connectivity index (χ2n) is 6.40. The summed E-state index contributed by atoms with van der Waals surface area (Å²) >= 11 is 0. The van der Waals surface area contributed by atoms with Crippen LogP contribution in [0.3, 0.4) is 0 Å². The van der Waals surface area contributed by atoms with Crippen LogP contribution in [-0.2, 0) is 13.1 Å². The highest BCUT2D eigenvalue weighted by molar-refractivity contribution is 6.74. The lowest BCUT2D eigenvalue weighted by molar-refractivity contribution is 0.491. The SMILES string of the molecule is CC(C)(C)[Si](C)(C)Oc1ccc2c(c1)CNC2. The molecule has 1 N–H and O–H groups in total. The maximum absolute atomic E-state index is 6.30. The fourth-order valence-corrected chi connectivity index (χ4v) is 2.80. The van der Waals surface area contributed by atoms with Crippen molar-refractivity contribution < 1.29 is 4.43 Å². The largest absolute Gasteiger partial charge is 0.543 e. The smallest absolute Gasteiger partial charge is 0.250 e. The standard InChI is InChI=1S/C14H23NOSi/c1-14(2,3)17(4,5)16-13-7-6-11-9-15-10-12(11)8-13/h6-8,15H,9-10H2,1-5H3. The van der Waals surface area contributed by atoms with Crippen molar-refractivity contribution in [2.45, 2.75) is 52.0 Å². The molecule has 1 aromatic carbocycles. The summed E-state index contributed by atoms with van der Waals surface area (Å²) in [6.45, 7) is 13.4. The highest BCUT2D eigenvalue weighted by Gasteiger charge is 2.39. The zero-order valence-electron chi connectivity index (χ0n) is 11.6. The zero-order valence-corrected chi connectivity index (χ0v) is 12.6. The van der Waals surface area contributed by atoms with E-state index in [1.54, 1.807) is 0 Å². The van der Waals surface area contributed by atoms with Gasteiger partial charge in [0.15, 0.2) is 0 Å². The Bertz CT molecular complexity index is 421. The van der Waals surface area contributed by atoms with Gasteiger partial charge < -0.3 is 9.74 Å². The van der Waals surface area contributed by atoms with Crippen LogP contribution in [0.4, 0.5) is 0 Å². The maximum Gasteiger partial charge on any atom is 0.250 e. The van der Waals surface area contributed by atoms with Gasteiger partial charge in [-0.3, -0.25) is 0 Å². The van der Waals surface area contributed by atoms with Gasteiger partial charge in [0.1, 0.15) is 5.75 Å². The van der Waals surface area contributed by atoms with Gasteiger partial charge in [0.2, 0.25) is 8.32 Å². The van der Waals surface area contributed by atoms with Crippen molar-refractivity contribution in [3.8, 4) is 5.75 Å². The molecule has 0 aliphatic carbocycles. The summed E-state index contributed by atoms with van der Waals surface area (Å²) in [5.74, 6) is 1.04. The van der Waals surface area contributed by atoms with Crippen LogP contribution >= 0.6 is 0 Å². The maximum atomic E-state index is 6.30. The van der Waals surface area contributed by atoms with Crippen LogP contribution in [0.1, 0.15) is 31.9 Å². The molecule has 0 spiro atoms. The topological polar surface area (TPSA) is 21.3 Å². The molecule has 0 amide bonds. The fourth-order valence-electron chi connectivity index (χ4n) is 1.78. The van der Waals surface area contributed by atoms with E-state index in [0.29, 0.717) is 0 Å². The van der Waals surface area contributed by atoms with Crippen LogP contribution in [0.15, 0.2) is 18.2 Å². The minimum Gasteiger partial charge on any atom is -0.543 e. The van der Waals surface area contributed by atoms with Crippen molar-refractivity contribution in [2.75, 3.05) is 0 Å². The third-order valence-electron chi connectivity index (χ3n) is 3.99. The molecule has 1 aliphatic heterocycles. The molecule has 0 radical (unpaired) electrons. The monoisotopic (exact) mass is 249 g/mol. The Morgan fingerprint density at radius 1 is 1.12 bits per heavy atom. The van der Waals surface area contributed by atoms with Gasteiger partial charge in [-0.15, -0.1) is 0 Å². The van der Waals surface area contributed by atoms with Gasteiger partial charge in [0.25, 0.3) is 0 Å². The molecule has 0 atom stereocenters. The molecule has 1 heterocycles. The van der Waals surface area contributed by atoms with Gasteiger partial charge in [-0.1, -0.05) is 26.8 Å². The van der Waals surface area contributed by atoms with E-state index in [9.17, 15) is 0 Å². The lowest BCUT2D eigenvalue weighted by atomic mass is 10.1. The molecule has 3 heteroatoms. The zero-order chi connectivity index (χ0) is 12.7. The van der Waals surface area contributed by atoms with E-state index in [1.165, 1.54) is 11.1 Å². The summed E-state index contributed by atoms with van der Waals surface area (Å²) < 4.78 is 6.30. The second-order valence-corrected chi connectivity index (χ2v) is 11.1. The minimum atomic E-state index is -1.70. The summed E-state index contributed by atoms with van der Waals surface area (Å²) in [5, 5.41) is 3.62. The lowest BCUT2D eigenvalue weighted by Gasteiger charge is -2.36. The Morgan fingerprint density at radius 3 is 2.41 bits per heavy atom. The minimum absolute atomic E-state index is 0.254. The summed E-state index contributed by atoms with van der Waals surface area (Å²) in [4.78, 5) is 0. The third-order valence-corrected chi connectivity index (χ3v) is 8.35. The normalized spacial score (nSPS) is 15.8. The Hall–Kier alpha value is -0.803. The van der Waals surface area contributed by atoms with Crippen LogP contribution in [0.25, 0.3) is 0 Å². The van der Waals surface area contributed by atoms with Crippen molar-refractivity contribution in [1.29, 1.82) is 0 Å². The van der Waals surface area contributed by atoms with Crippen molar-refractivity contribution >= 4 is 8.32 Å².